The van der Waals surface area contributed by atoms with Gasteiger partial charge in [-0.15, -0.1) is 0 Å². The number of carbonyl (C=O) groups is 1. The normalized spacial score (nSPS) is 11.3. The summed E-state index contributed by atoms with van der Waals surface area (Å²) in [4.78, 5) is 11.3. The molecule has 0 saturated heterocycles. The second kappa shape index (κ2) is 5.69. The van der Waals surface area contributed by atoms with E-state index < -0.39 is 15.8 Å². The van der Waals surface area contributed by atoms with Gasteiger partial charge in [0.05, 0.1) is 16.2 Å². The molecule has 0 fully saturated rings. The molecule has 0 aliphatic heterocycles. The van der Waals surface area contributed by atoms with Crippen LogP contribution in [0.2, 0.25) is 0 Å². The first-order valence-electron chi connectivity index (χ1n) is 6.51. The summed E-state index contributed by atoms with van der Waals surface area (Å²) < 4.78 is 24.0. The van der Waals surface area contributed by atoms with Crippen LogP contribution in [0.25, 0.3) is 11.1 Å². The summed E-state index contributed by atoms with van der Waals surface area (Å²) in [5, 5.41) is 9.17. The number of aryl methyl sites for hydroxylation is 1. The van der Waals surface area contributed by atoms with Crippen molar-refractivity contribution in [3.63, 3.8) is 0 Å². The lowest BCUT2D eigenvalue weighted by atomic mass is 10.0. The Bertz CT molecular complexity index is 774. The molecule has 2 aromatic carbocycles. The Morgan fingerprint density at radius 1 is 1.05 bits per heavy atom. The number of carboxylic acids is 1. The second-order valence-corrected chi connectivity index (χ2v) is 7.10. The maximum Gasteiger partial charge on any atom is 0.335 e. The van der Waals surface area contributed by atoms with E-state index in [4.69, 9.17) is 5.11 Å². The molecular formula is C16H16O4S. The first-order valence-corrected chi connectivity index (χ1v) is 8.17. The van der Waals surface area contributed by atoms with Crippen molar-refractivity contribution >= 4 is 15.8 Å². The summed E-state index contributed by atoms with van der Waals surface area (Å²) in [7, 11) is -3.46. The Kier molecular flexibility index (Phi) is 4.14. The standard InChI is InChI=1S/C16H16O4S/c1-3-21(19,20)15-9-13(8-14(10-15)16(17)18)12-6-4-11(2)5-7-12/h4-10H,3H2,1-2H3,(H,17,18). The Morgan fingerprint density at radius 3 is 2.19 bits per heavy atom. The Hall–Kier alpha value is -2.14. The van der Waals surface area contributed by atoms with Crippen LogP contribution in [0.3, 0.4) is 0 Å². The van der Waals surface area contributed by atoms with E-state index in [1.807, 2.05) is 31.2 Å². The monoisotopic (exact) mass is 304 g/mol. The van der Waals surface area contributed by atoms with Crippen LogP contribution in [0, 0.1) is 6.92 Å². The fraction of sp³-hybridized carbons (Fsp3) is 0.188. The van der Waals surface area contributed by atoms with Crippen molar-refractivity contribution in [3.05, 3.63) is 53.6 Å². The predicted octanol–water partition coefficient (Wildman–Crippen LogP) is 3.15. The first-order chi connectivity index (χ1) is 9.83. The van der Waals surface area contributed by atoms with Crippen LogP contribution in [-0.4, -0.2) is 25.2 Å². The van der Waals surface area contributed by atoms with E-state index in [0.29, 0.717) is 5.56 Å². The van der Waals surface area contributed by atoms with Crippen LogP contribution in [0.4, 0.5) is 0 Å². The van der Waals surface area contributed by atoms with Gasteiger partial charge in [-0.3, -0.25) is 0 Å². The number of carboxylic acid groups (broad SMARTS) is 1. The van der Waals surface area contributed by atoms with Crippen molar-refractivity contribution in [2.45, 2.75) is 18.7 Å². The molecule has 110 valence electrons. The lowest BCUT2D eigenvalue weighted by Crippen LogP contribution is -2.06. The number of rotatable bonds is 4. The summed E-state index contributed by atoms with van der Waals surface area (Å²) in [5.41, 5.74) is 2.42. The maximum absolute atomic E-state index is 12.0. The van der Waals surface area contributed by atoms with Crippen molar-refractivity contribution < 1.29 is 18.3 Å². The van der Waals surface area contributed by atoms with Gasteiger partial charge in [-0.05, 0) is 36.2 Å². The van der Waals surface area contributed by atoms with Gasteiger partial charge in [0, 0.05) is 0 Å². The Morgan fingerprint density at radius 2 is 1.67 bits per heavy atom. The SMILES string of the molecule is CCS(=O)(=O)c1cc(C(=O)O)cc(-c2ccc(C)cc2)c1. The van der Waals surface area contributed by atoms with Crippen molar-refractivity contribution in [3.8, 4) is 11.1 Å². The Balaban J connectivity index is 2.66. The van der Waals surface area contributed by atoms with E-state index in [9.17, 15) is 13.2 Å². The fourth-order valence-corrected chi connectivity index (χ4v) is 2.93. The molecule has 4 nitrogen and oxygen atoms in total. The van der Waals surface area contributed by atoms with Gasteiger partial charge in [-0.1, -0.05) is 36.8 Å². The average Bonchev–Trinajstić information content (AvgIpc) is 2.47. The molecule has 0 bridgehead atoms. The van der Waals surface area contributed by atoms with Gasteiger partial charge in [0.15, 0.2) is 9.84 Å². The molecule has 0 aliphatic rings. The first kappa shape index (κ1) is 15.3. The summed E-state index contributed by atoms with van der Waals surface area (Å²) in [5.74, 6) is -1.21. The van der Waals surface area contributed by atoms with Gasteiger partial charge < -0.3 is 5.11 Å². The summed E-state index contributed by atoms with van der Waals surface area (Å²) >= 11 is 0. The van der Waals surface area contributed by atoms with Crippen LogP contribution in [0.15, 0.2) is 47.4 Å². The zero-order valence-electron chi connectivity index (χ0n) is 11.8. The Labute approximate surface area is 124 Å². The maximum atomic E-state index is 12.0. The minimum Gasteiger partial charge on any atom is -0.478 e. The van der Waals surface area contributed by atoms with Crippen LogP contribution in [-0.2, 0) is 9.84 Å². The second-order valence-electron chi connectivity index (χ2n) is 4.82. The van der Waals surface area contributed by atoms with E-state index in [-0.39, 0.29) is 16.2 Å². The van der Waals surface area contributed by atoms with E-state index in [1.54, 1.807) is 0 Å². The number of hydrogen-bond donors (Lipinski definition) is 1. The third-order valence-corrected chi connectivity index (χ3v) is 4.99. The molecule has 5 heteroatoms. The highest BCUT2D eigenvalue weighted by Crippen LogP contribution is 2.25. The molecule has 2 rings (SSSR count). The zero-order chi connectivity index (χ0) is 15.6. The van der Waals surface area contributed by atoms with Gasteiger partial charge in [-0.25, -0.2) is 13.2 Å². The fourth-order valence-electron chi connectivity index (χ4n) is 1.98. The van der Waals surface area contributed by atoms with Gasteiger partial charge >= 0.3 is 5.97 Å². The average molecular weight is 304 g/mol. The molecule has 0 atom stereocenters. The molecule has 21 heavy (non-hydrogen) atoms. The number of sulfone groups is 1. The van der Waals surface area contributed by atoms with E-state index >= 15 is 0 Å². The van der Waals surface area contributed by atoms with Crippen LogP contribution < -0.4 is 0 Å². The highest BCUT2D eigenvalue weighted by Gasteiger charge is 2.16. The smallest absolute Gasteiger partial charge is 0.335 e. The molecule has 0 heterocycles. The minimum absolute atomic E-state index is 0.0277. The molecule has 0 radical (unpaired) electrons. The number of benzene rings is 2. The van der Waals surface area contributed by atoms with Crippen LogP contribution in [0.1, 0.15) is 22.8 Å². The molecule has 0 aliphatic carbocycles. The molecule has 0 spiro atoms. The van der Waals surface area contributed by atoms with Gasteiger partial charge in [0.25, 0.3) is 0 Å². The molecule has 0 aromatic heterocycles. The van der Waals surface area contributed by atoms with Gasteiger partial charge in [0.2, 0.25) is 0 Å². The molecule has 0 amide bonds. The summed E-state index contributed by atoms with van der Waals surface area (Å²) in [6.45, 7) is 3.48. The minimum atomic E-state index is -3.46. The quantitative estimate of drug-likeness (QED) is 0.942. The van der Waals surface area contributed by atoms with Crippen molar-refractivity contribution in [1.82, 2.24) is 0 Å². The van der Waals surface area contributed by atoms with E-state index in [1.165, 1.54) is 25.1 Å². The number of hydrogen-bond acceptors (Lipinski definition) is 3. The van der Waals surface area contributed by atoms with Gasteiger partial charge in [0.1, 0.15) is 0 Å². The lowest BCUT2D eigenvalue weighted by Gasteiger charge is -2.08. The third-order valence-electron chi connectivity index (χ3n) is 3.28. The van der Waals surface area contributed by atoms with Crippen LogP contribution in [0.5, 0.6) is 0 Å². The molecular weight excluding hydrogens is 288 g/mol. The molecule has 2 aromatic rings. The summed E-state index contributed by atoms with van der Waals surface area (Å²) in [6.07, 6.45) is 0. The third kappa shape index (κ3) is 3.31. The molecule has 0 saturated carbocycles. The summed E-state index contributed by atoms with van der Waals surface area (Å²) in [6, 6.07) is 11.7. The largest absolute Gasteiger partial charge is 0.478 e. The van der Waals surface area contributed by atoms with Crippen molar-refractivity contribution in [2.24, 2.45) is 0 Å². The molecule has 1 N–H and O–H groups in total. The highest BCUT2D eigenvalue weighted by atomic mass is 32.2. The lowest BCUT2D eigenvalue weighted by molar-refractivity contribution is 0.0696. The highest BCUT2D eigenvalue weighted by molar-refractivity contribution is 7.91. The predicted molar refractivity (Wildman–Crippen MR) is 81.3 cm³/mol. The zero-order valence-corrected chi connectivity index (χ0v) is 12.6. The van der Waals surface area contributed by atoms with Crippen molar-refractivity contribution in [1.29, 1.82) is 0 Å². The van der Waals surface area contributed by atoms with Gasteiger partial charge in [-0.2, -0.15) is 0 Å². The van der Waals surface area contributed by atoms with E-state index in [0.717, 1.165) is 11.1 Å². The van der Waals surface area contributed by atoms with Crippen molar-refractivity contribution in [2.75, 3.05) is 5.75 Å². The number of aromatic carboxylic acids is 1. The molecule has 0 unspecified atom stereocenters. The topological polar surface area (TPSA) is 71.4 Å². The van der Waals surface area contributed by atoms with Crippen LogP contribution >= 0.6 is 0 Å². The van der Waals surface area contributed by atoms with E-state index in [2.05, 4.69) is 0 Å².